The molecule has 1 N–H and O–H groups in total. The summed E-state index contributed by atoms with van der Waals surface area (Å²) in [5.74, 6) is 0.285. The number of nitrogens with one attached hydrogen (secondary N) is 1. The molecule has 0 aliphatic carbocycles. The van der Waals surface area contributed by atoms with Crippen LogP contribution in [0.4, 0.5) is 15.9 Å². The number of nitrogens with zero attached hydrogens (tertiary/aromatic N) is 3. The van der Waals surface area contributed by atoms with Crippen LogP contribution < -0.4 is 5.32 Å². The summed E-state index contributed by atoms with van der Waals surface area (Å²) in [5.41, 5.74) is 1.41. The third-order valence-electron chi connectivity index (χ3n) is 4.48. The fourth-order valence-corrected chi connectivity index (χ4v) is 3.10. The van der Waals surface area contributed by atoms with Crippen molar-refractivity contribution in [3.8, 4) is 0 Å². The highest BCUT2D eigenvalue weighted by Gasteiger charge is 2.23. The first-order valence-corrected chi connectivity index (χ1v) is 8.47. The Bertz CT molecular complexity index is 781. The van der Waals surface area contributed by atoms with Crippen molar-refractivity contribution in [1.29, 1.82) is 0 Å². The Kier molecular flexibility index (Phi) is 5.75. The maximum Gasteiger partial charge on any atom is 0.290 e. The van der Waals surface area contributed by atoms with Gasteiger partial charge in [0.1, 0.15) is 17.8 Å². The van der Waals surface area contributed by atoms with Crippen LogP contribution in [0.2, 0.25) is 0 Å². The van der Waals surface area contributed by atoms with E-state index in [1.165, 1.54) is 18.3 Å². The molecule has 26 heavy (non-hydrogen) atoms. The molecule has 1 fully saturated rings. The molecule has 1 aliphatic heterocycles. The molecule has 7 nitrogen and oxygen atoms in total. The van der Waals surface area contributed by atoms with E-state index in [-0.39, 0.29) is 17.5 Å². The van der Waals surface area contributed by atoms with Crippen molar-refractivity contribution in [3.05, 3.63) is 63.6 Å². The number of aromatic nitrogens is 1. The van der Waals surface area contributed by atoms with E-state index in [0.29, 0.717) is 31.1 Å². The van der Waals surface area contributed by atoms with Crippen molar-refractivity contribution >= 4 is 11.5 Å². The van der Waals surface area contributed by atoms with Gasteiger partial charge in [-0.1, -0.05) is 12.1 Å². The van der Waals surface area contributed by atoms with Crippen molar-refractivity contribution < 1.29 is 14.1 Å². The molecule has 3 rings (SSSR count). The highest BCUT2D eigenvalue weighted by atomic mass is 19.1. The van der Waals surface area contributed by atoms with E-state index in [1.54, 1.807) is 19.1 Å². The van der Waals surface area contributed by atoms with Gasteiger partial charge >= 0.3 is 0 Å². The number of aryl methyl sites for hydroxylation is 1. The van der Waals surface area contributed by atoms with E-state index in [2.05, 4.69) is 15.2 Å². The fraction of sp³-hybridized carbons (Fsp3) is 0.389. The molecule has 0 spiro atoms. The topological polar surface area (TPSA) is 80.5 Å². The van der Waals surface area contributed by atoms with Gasteiger partial charge in [-0.05, 0) is 30.7 Å². The van der Waals surface area contributed by atoms with Crippen LogP contribution in [0.5, 0.6) is 0 Å². The van der Waals surface area contributed by atoms with Crippen molar-refractivity contribution in [1.82, 2.24) is 9.88 Å². The minimum Gasteiger partial charge on any atom is -0.379 e. The minimum absolute atomic E-state index is 0.00888. The zero-order chi connectivity index (χ0) is 18.5. The first kappa shape index (κ1) is 18.2. The Balaban J connectivity index is 1.77. The molecule has 2 heterocycles. The van der Waals surface area contributed by atoms with E-state index in [0.717, 1.165) is 18.7 Å². The van der Waals surface area contributed by atoms with Crippen LogP contribution in [-0.2, 0) is 4.74 Å². The normalized spacial score (nSPS) is 16.2. The highest BCUT2D eigenvalue weighted by molar-refractivity contribution is 5.47. The van der Waals surface area contributed by atoms with Crippen LogP contribution in [0.1, 0.15) is 17.2 Å². The van der Waals surface area contributed by atoms with Crippen LogP contribution in [0.15, 0.2) is 36.5 Å². The molecule has 1 atom stereocenters. The van der Waals surface area contributed by atoms with Gasteiger partial charge in [0, 0.05) is 25.2 Å². The van der Waals surface area contributed by atoms with Crippen molar-refractivity contribution in [2.24, 2.45) is 0 Å². The second-order valence-electron chi connectivity index (χ2n) is 6.21. The number of nitro groups is 1. The Morgan fingerprint density at radius 1 is 1.38 bits per heavy atom. The zero-order valence-corrected chi connectivity index (χ0v) is 14.5. The smallest absolute Gasteiger partial charge is 0.290 e. The summed E-state index contributed by atoms with van der Waals surface area (Å²) >= 11 is 0. The van der Waals surface area contributed by atoms with Crippen molar-refractivity contribution in [3.63, 3.8) is 0 Å². The molecule has 0 saturated carbocycles. The van der Waals surface area contributed by atoms with Crippen molar-refractivity contribution in [2.45, 2.75) is 13.0 Å². The zero-order valence-electron chi connectivity index (χ0n) is 14.5. The number of halogens is 1. The third kappa shape index (κ3) is 4.33. The van der Waals surface area contributed by atoms with Gasteiger partial charge in [0.25, 0.3) is 5.69 Å². The average Bonchev–Trinajstić information content (AvgIpc) is 2.63. The Morgan fingerprint density at radius 2 is 2.15 bits per heavy atom. The fourth-order valence-electron chi connectivity index (χ4n) is 3.10. The molecule has 1 aromatic heterocycles. The molecule has 1 saturated heterocycles. The summed E-state index contributed by atoms with van der Waals surface area (Å²) in [4.78, 5) is 16.8. The largest absolute Gasteiger partial charge is 0.379 e. The monoisotopic (exact) mass is 360 g/mol. The van der Waals surface area contributed by atoms with Crippen LogP contribution >= 0.6 is 0 Å². The Labute approximate surface area is 150 Å². The molecule has 8 heteroatoms. The summed E-state index contributed by atoms with van der Waals surface area (Å²) in [5, 5.41) is 14.1. The average molecular weight is 360 g/mol. The van der Waals surface area contributed by atoms with E-state index < -0.39 is 4.92 Å². The van der Waals surface area contributed by atoms with Gasteiger partial charge in [0.05, 0.1) is 24.2 Å². The van der Waals surface area contributed by atoms with E-state index in [9.17, 15) is 14.5 Å². The van der Waals surface area contributed by atoms with Gasteiger partial charge in [-0.3, -0.25) is 15.0 Å². The molecule has 138 valence electrons. The van der Waals surface area contributed by atoms with Crippen LogP contribution in [0.25, 0.3) is 0 Å². The first-order chi connectivity index (χ1) is 12.5. The maximum atomic E-state index is 13.7. The van der Waals surface area contributed by atoms with Crippen LogP contribution in [-0.4, -0.2) is 47.7 Å². The van der Waals surface area contributed by atoms with Gasteiger partial charge in [0.2, 0.25) is 0 Å². The molecule has 2 aromatic rings. The lowest BCUT2D eigenvalue weighted by molar-refractivity contribution is -0.385. The van der Waals surface area contributed by atoms with E-state index >= 15 is 0 Å². The summed E-state index contributed by atoms with van der Waals surface area (Å²) in [6.07, 6.45) is 1.25. The van der Waals surface area contributed by atoms with Crippen LogP contribution in [0, 0.1) is 22.9 Å². The van der Waals surface area contributed by atoms with E-state index in [4.69, 9.17) is 4.74 Å². The molecule has 0 bridgehead atoms. The number of hydrogen-bond donors (Lipinski definition) is 1. The van der Waals surface area contributed by atoms with Gasteiger partial charge in [-0.2, -0.15) is 0 Å². The predicted molar refractivity (Wildman–Crippen MR) is 95.7 cm³/mol. The Hall–Kier alpha value is -2.58. The summed E-state index contributed by atoms with van der Waals surface area (Å²) in [6, 6.07) is 8.17. The second kappa shape index (κ2) is 8.20. The van der Waals surface area contributed by atoms with E-state index in [1.807, 2.05) is 6.07 Å². The molecule has 1 aromatic carbocycles. The number of hydrogen-bond acceptors (Lipinski definition) is 6. The van der Waals surface area contributed by atoms with Gasteiger partial charge < -0.3 is 10.1 Å². The lowest BCUT2D eigenvalue weighted by atomic mass is 10.0. The highest BCUT2D eigenvalue weighted by Crippen LogP contribution is 2.24. The minimum atomic E-state index is -0.449. The second-order valence-corrected chi connectivity index (χ2v) is 6.21. The molecular weight excluding hydrogens is 339 g/mol. The maximum absolute atomic E-state index is 13.7. The van der Waals surface area contributed by atoms with Gasteiger partial charge in [0.15, 0.2) is 0 Å². The quantitative estimate of drug-likeness (QED) is 0.630. The Morgan fingerprint density at radius 3 is 2.81 bits per heavy atom. The molecular formula is C18H21FN4O3. The number of rotatable bonds is 6. The molecule has 1 aliphatic rings. The number of anilines is 1. The summed E-state index contributed by atoms with van der Waals surface area (Å²) in [7, 11) is 0. The van der Waals surface area contributed by atoms with Crippen molar-refractivity contribution in [2.75, 3.05) is 38.2 Å². The third-order valence-corrected chi connectivity index (χ3v) is 4.48. The SMILES string of the molecule is Cc1cc(NCC(c2cccc(F)c2)N2CCOCC2)ncc1[N+](=O)[O-]. The predicted octanol–water partition coefficient (Wildman–Crippen LogP) is 2.92. The summed E-state index contributed by atoms with van der Waals surface area (Å²) < 4.78 is 19.1. The summed E-state index contributed by atoms with van der Waals surface area (Å²) in [6.45, 7) is 4.98. The molecule has 0 amide bonds. The van der Waals surface area contributed by atoms with Gasteiger partial charge in [-0.25, -0.2) is 9.37 Å². The number of pyridine rings is 1. The molecule has 0 radical (unpaired) electrons. The first-order valence-electron chi connectivity index (χ1n) is 8.47. The number of morpholine rings is 1. The lowest BCUT2D eigenvalue weighted by Gasteiger charge is -2.35. The van der Waals surface area contributed by atoms with Gasteiger partial charge in [-0.15, -0.1) is 0 Å². The number of benzene rings is 1. The standard InChI is InChI=1S/C18H21FN4O3/c1-13-9-18(20-11-16(13)23(24)25)21-12-17(22-5-7-26-8-6-22)14-3-2-4-15(19)10-14/h2-4,9-11,17H,5-8,12H2,1H3,(H,20,21). The lowest BCUT2D eigenvalue weighted by Crippen LogP contribution is -2.41. The number of ether oxygens (including phenoxy) is 1. The molecule has 1 unspecified atom stereocenters. The van der Waals surface area contributed by atoms with Crippen LogP contribution in [0.3, 0.4) is 0 Å².